The van der Waals surface area contributed by atoms with Gasteiger partial charge in [-0.15, -0.1) is 0 Å². The Hall–Kier alpha value is -1.77. The number of anilines is 1. The monoisotopic (exact) mass is 229 g/mol. The lowest BCUT2D eigenvalue weighted by molar-refractivity contribution is 0.488. The highest BCUT2D eigenvalue weighted by atomic mass is 15.3. The van der Waals surface area contributed by atoms with Gasteiger partial charge in [0.15, 0.2) is 0 Å². The van der Waals surface area contributed by atoms with Gasteiger partial charge in [-0.25, -0.2) is 0 Å². The van der Waals surface area contributed by atoms with Gasteiger partial charge in [0.2, 0.25) is 0 Å². The summed E-state index contributed by atoms with van der Waals surface area (Å²) in [5, 5.41) is 4.54. The van der Waals surface area contributed by atoms with Crippen LogP contribution in [0.5, 0.6) is 0 Å². The summed E-state index contributed by atoms with van der Waals surface area (Å²) in [5.41, 5.74) is 8.71. The molecule has 0 atom stereocenters. The van der Waals surface area contributed by atoms with E-state index in [1.807, 2.05) is 41.2 Å². The molecular formula is C14H19N3. The summed E-state index contributed by atoms with van der Waals surface area (Å²) >= 11 is 0. The van der Waals surface area contributed by atoms with Gasteiger partial charge in [-0.3, -0.25) is 4.68 Å². The standard InChI is InChI=1S/C14H19N3/c1-11(2)8-9-17-10-13(15)14(16-17)12-6-4-3-5-7-12/h3-7,10-11H,8-9,15H2,1-2H3. The van der Waals surface area contributed by atoms with Gasteiger partial charge in [0.05, 0.1) is 5.69 Å². The van der Waals surface area contributed by atoms with Crippen LogP contribution in [0.3, 0.4) is 0 Å². The van der Waals surface area contributed by atoms with E-state index < -0.39 is 0 Å². The van der Waals surface area contributed by atoms with Crippen molar-refractivity contribution in [2.75, 3.05) is 5.73 Å². The van der Waals surface area contributed by atoms with Gasteiger partial charge in [0, 0.05) is 18.3 Å². The van der Waals surface area contributed by atoms with E-state index in [1.54, 1.807) is 0 Å². The number of nitrogens with two attached hydrogens (primary N) is 1. The van der Waals surface area contributed by atoms with E-state index in [-0.39, 0.29) is 0 Å². The Labute approximate surface area is 102 Å². The highest BCUT2D eigenvalue weighted by molar-refractivity contribution is 5.71. The lowest BCUT2D eigenvalue weighted by atomic mass is 10.1. The van der Waals surface area contributed by atoms with Crippen molar-refractivity contribution in [1.29, 1.82) is 0 Å². The highest BCUT2D eigenvalue weighted by Gasteiger charge is 2.08. The number of benzene rings is 1. The maximum atomic E-state index is 6.00. The smallest absolute Gasteiger partial charge is 0.115 e. The normalized spacial score (nSPS) is 11.0. The van der Waals surface area contributed by atoms with Crippen LogP contribution in [0.1, 0.15) is 20.3 Å². The number of hydrogen-bond donors (Lipinski definition) is 1. The zero-order chi connectivity index (χ0) is 12.3. The molecule has 2 rings (SSSR count). The maximum Gasteiger partial charge on any atom is 0.115 e. The average molecular weight is 229 g/mol. The number of nitrogens with zero attached hydrogens (tertiary/aromatic N) is 2. The fourth-order valence-corrected chi connectivity index (χ4v) is 1.76. The molecule has 0 aliphatic carbocycles. The fourth-order valence-electron chi connectivity index (χ4n) is 1.76. The number of hydrogen-bond acceptors (Lipinski definition) is 2. The van der Waals surface area contributed by atoms with E-state index in [0.717, 1.165) is 29.9 Å². The predicted molar refractivity (Wildman–Crippen MR) is 71.5 cm³/mol. The number of rotatable bonds is 4. The number of nitrogen functional groups attached to an aromatic ring is 1. The molecule has 1 heterocycles. The molecule has 2 N–H and O–H groups in total. The summed E-state index contributed by atoms with van der Waals surface area (Å²) in [6.07, 6.45) is 3.04. The average Bonchev–Trinajstić information content (AvgIpc) is 2.69. The van der Waals surface area contributed by atoms with E-state index in [0.29, 0.717) is 5.92 Å². The quantitative estimate of drug-likeness (QED) is 0.875. The molecule has 0 unspecified atom stereocenters. The third kappa shape index (κ3) is 2.87. The van der Waals surface area contributed by atoms with Crippen molar-refractivity contribution < 1.29 is 0 Å². The molecule has 0 aliphatic rings. The first kappa shape index (κ1) is 11.7. The van der Waals surface area contributed by atoms with E-state index in [2.05, 4.69) is 18.9 Å². The Kier molecular flexibility index (Phi) is 3.47. The van der Waals surface area contributed by atoms with Crippen LogP contribution in [-0.4, -0.2) is 9.78 Å². The maximum absolute atomic E-state index is 6.00. The zero-order valence-electron chi connectivity index (χ0n) is 10.4. The zero-order valence-corrected chi connectivity index (χ0v) is 10.4. The summed E-state index contributed by atoms with van der Waals surface area (Å²) in [6.45, 7) is 5.35. The van der Waals surface area contributed by atoms with Crippen molar-refractivity contribution in [3.63, 3.8) is 0 Å². The van der Waals surface area contributed by atoms with Crippen molar-refractivity contribution in [3.8, 4) is 11.3 Å². The Balaban J connectivity index is 2.20. The molecule has 0 radical (unpaired) electrons. The second-order valence-corrected chi connectivity index (χ2v) is 4.74. The van der Waals surface area contributed by atoms with Crippen molar-refractivity contribution in [3.05, 3.63) is 36.5 Å². The van der Waals surface area contributed by atoms with Gasteiger partial charge < -0.3 is 5.73 Å². The molecule has 0 fully saturated rings. The summed E-state index contributed by atoms with van der Waals surface area (Å²) in [6, 6.07) is 10.1. The van der Waals surface area contributed by atoms with Crippen molar-refractivity contribution in [1.82, 2.24) is 9.78 Å². The number of aryl methyl sites for hydroxylation is 1. The molecule has 0 aliphatic heterocycles. The van der Waals surface area contributed by atoms with Gasteiger partial charge >= 0.3 is 0 Å². The molecule has 17 heavy (non-hydrogen) atoms. The molecule has 3 heteroatoms. The molecule has 1 aromatic heterocycles. The Morgan fingerprint density at radius 1 is 1.24 bits per heavy atom. The van der Waals surface area contributed by atoms with Crippen LogP contribution < -0.4 is 5.73 Å². The number of aromatic nitrogens is 2. The third-order valence-corrected chi connectivity index (χ3v) is 2.77. The van der Waals surface area contributed by atoms with E-state index in [1.165, 1.54) is 0 Å². The second kappa shape index (κ2) is 5.04. The summed E-state index contributed by atoms with van der Waals surface area (Å²) in [5.74, 6) is 0.681. The van der Waals surface area contributed by atoms with Crippen LogP contribution in [0.2, 0.25) is 0 Å². The summed E-state index contributed by atoms with van der Waals surface area (Å²) in [4.78, 5) is 0. The van der Waals surface area contributed by atoms with Crippen LogP contribution >= 0.6 is 0 Å². The molecule has 0 amide bonds. The first-order valence-electron chi connectivity index (χ1n) is 6.05. The fraction of sp³-hybridized carbons (Fsp3) is 0.357. The molecule has 0 bridgehead atoms. The predicted octanol–water partition coefficient (Wildman–Crippen LogP) is 3.18. The van der Waals surface area contributed by atoms with Crippen molar-refractivity contribution in [2.24, 2.45) is 5.92 Å². The molecule has 0 saturated heterocycles. The van der Waals surface area contributed by atoms with E-state index in [4.69, 9.17) is 5.73 Å². The second-order valence-electron chi connectivity index (χ2n) is 4.74. The lowest BCUT2D eigenvalue weighted by Crippen LogP contribution is -2.01. The first-order chi connectivity index (χ1) is 8.16. The minimum absolute atomic E-state index is 0.681. The highest BCUT2D eigenvalue weighted by Crippen LogP contribution is 2.23. The van der Waals surface area contributed by atoms with Crippen LogP contribution in [0.4, 0.5) is 5.69 Å². The van der Waals surface area contributed by atoms with Crippen molar-refractivity contribution >= 4 is 5.69 Å². The van der Waals surface area contributed by atoms with E-state index in [9.17, 15) is 0 Å². The first-order valence-corrected chi connectivity index (χ1v) is 6.05. The lowest BCUT2D eigenvalue weighted by Gasteiger charge is -2.03. The third-order valence-electron chi connectivity index (χ3n) is 2.77. The van der Waals surface area contributed by atoms with Crippen LogP contribution in [0.25, 0.3) is 11.3 Å². The SMILES string of the molecule is CC(C)CCn1cc(N)c(-c2ccccc2)n1. The van der Waals surface area contributed by atoms with Crippen LogP contribution in [0, 0.1) is 5.92 Å². The minimum atomic E-state index is 0.681. The molecule has 2 aromatic rings. The van der Waals surface area contributed by atoms with Crippen LogP contribution in [0.15, 0.2) is 36.5 Å². The Morgan fingerprint density at radius 2 is 1.94 bits per heavy atom. The largest absolute Gasteiger partial charge is 0.396 e. The molecule has 1 aromatic carbocycles. The topological polar surface area (TPSA) is 43.8 Å². The summed E-state index contributed by atoms with van der Waals surface area (Å²) < 4.78 is 1.94. The molecule has 90 valence electrons. The van der Waals surface area contributed by atoms with E-state index >= 15 is 0 Å². The van der Waals surface area contributed by atoms with Crippen LogP contribution in [-0.2, 0) is 6.54 Å². The Morgan fingerprint density at radius 3 is 2.59 bits per heavy atom. The van der Waals surface area contributed by atoms with Crippen molar-refractivity contribution in [2.45, 2.75) is 26.8 Å². The molecule has 0 saturated carbocycles. The Bertz CT molecular complexity index is 471. The van der Waals surface area contributed by atoms with Gasteiger partial charge in [0.25, 0.3) is 0 Å². The van der Waals surface area contributed by atoms with Gasteiger partial charge in [0.1, 0.15) is 5.69 Å². The minimum Gasteiger partial charge on any atom is -0.396 e. The molecule has 3 nitrogen and oxygen atoms in total. The van der Waals surface area contributed by atoms with Gasteiger partial charge in [-0.2, -0.15) is 5.10 Å². The van der Waals surface area contributed by atoms with Gasteiger partial charge in [-0.05, 0) is 12.3 Å². The van der Waals surface area contributed by atoms with Gasteiger partial charge in [-0.1, -0.05) is 44.2 Å². The summed E-state index contributed by atoms with van der Waals surface area (Å²) in [7, 11) is 0. The molecular weight excluding hydrogens is 210 g/mol. The molecule has 0 spiro atoms.